The predicted molar refractivity (Wildman–Crippen MR) is 56.3 cm³/mol. The highest BCUT2D eigenvalue weighted by Crippen LogP contribution is 2.20. The lowest BCUT2D eigenvalue weighted by molar-refractivity contribution is 0.101. The predicted octanol–water partition coefficient (Wildman–Crippen LogP) is 3.31. The van der Waals surface area contributed by atoms with Gasteiger partial charge in [-0.2, -0.15) is 0 Å². The molecule has 0 fully saturated rings. The Morgan fingerprint density at radius 1 is 1.31 bits per heavy atom. The fourth-order valence-electron chi connectivity index (χ4n) is 1.30. The molecule has 0 saturated carbocycles. The summed E-state index contributed by atoms with van der Waals surface area (Å²) in [6.45, 7) is 2.08. The fraction of sp³-hybridized carbons (Fsp3) is 0.455. The van der Waals surface area contributed by atoms with Gasteiger partial charge in [0.25, 0.3) is 0 Å². The highest BCUT2D eigenvalue weighted by molar-refractivity contribution is 6.17. The van der Waals surface area contributed by atoms with Gasteiger partial charge in [0.2, 0.25) is 0 Å². The lowest BCUT2D eigenvalue weighted by atomic mass is 10.1. The lowest BCUT2D eigenvalue weighted by Crippen LogP contribution is -2.01. The maximum atomic E-state index is 5.68. The van der Waals surface area contributed by atoms with Gasteiger partial charge in [-0.1, -0.05) is 29.8 Å². The van der Waals surface area contributed by atoms with E-state index in [1.807, 2.05) is 0 Å². The summed E-state index contributed by atoms with van der Waals surface area (Å²) < 4.78 is 5.33. The Labute approximate surface area is 84.7 Å². The third-order valence-corrected chi connectivity index (χ3v) is 2.32. The highest BCUT2D eigenvalue weighted by Gasteiger charge is 2.08. The van der Waals surface area contributed by atoms with Gasteiger partial charge in [0, 0.05) is 13.0 Å². The molecule has 0 bridgehead atoms. The zero-order chi connectivity index (χ0) is 9.68. The molecule has 2 heteroatoms. The molecule has 0 spiro atoms. The van der Waals surface area contributed by atoms with Gasteiger partial charge in [0.05, 0.1) is 6.10 Å². The second-order valence-corrected chi connectivity index (χ2v) is 3.49. The van der Waals surface area contributed by atoms with Crippen LogP contribution < -0.4 is 0 Å². The lowest BCUT2D eigenvalue weighted by Gasteiger charge is -2.14. The van der Waals surface area contributed by atoms with Crippen LogP contribution in [0.25, 0.3) is 0 Å². The first-order valence-electron chi connectivity index (χ1n) is 4.43. The minimum atomic E-state index is 0.137. The quantitative estimate of drug-likeness (QED) is 0.675. The molecule has 0 saturated heterocycles. The average Bonchev–Trinajstić information content (AvgIpc) is 2.16. The normalized spacial score (nSPS) is 12.8. The van der Waals surface area contributed by atoms with Gasteiger partial charge in [0.15, 0.2) is 0 Å². The van der Waals surface area contributed by atoms with Crippen molar-refractivity contribution in [1.82, 2.24) is 0 Å². The summed E-state index contributed by atoms with van der Waals surface area (Å²) in [4.78, 5) is 0. The number of halogens is 1. The summed E-state index contributed by atoms with van der Waals surface area (Å²) in [7, 11) is 1.72. The molecular formula is C11H15ClO. The van der Waals surface area contributed by atoms with Crippen molar-refractivity contribution in [2.24, 2.45) is 0 Å². The van der Waals surface area contributed by atoms with Crippen LogP contribution in [0, 0.1) is 6.92 Å². The van der Waals surface area contributed by atoms with Crippen molar-refractivity contribution in [3.63, 3.8) is 0 Å². The van der Waals surface area contributed by atoms with Crippen LogP contribution in [0.1, 0.15) is 23.7 Å². The molecule has 1 atom stereocenters. The fourth-order valence-corrected chi connectivity index (χ4v) is 1.50. The van der Waals surface area contributed by atoms with E-state index in [1.165, 1.54) is 11.1 Å². The van der Waals surface area contributed by atoms with Crippen LogP contribution in [0.3, 0.4) is 0 Å². The summed E-state index contributed by atoms with van der Waals surface area (Å²) in [6.07, 6.45) is 0.999. The topological polar surface area (TPSA) is 9.23 Å². The van der Waals surface area contributed by atoms with Gasteiger partial charge in [-0.05, 0) is 18.9 Å². The van der Waals surface area contributed by atoms with E-state index in [-0.39, 0.29) is 6.10 Å². The molecule has 0 aromatic heterocycles. The van der Waals surface area contributed by atoms with Gasteiger partial charge in [-0.25, -0.2) is 0 Å². The van der Waals surface area contributed by atoms with Crippen molar-refractivity contribution in [2.75, 3.05) is 13.0 Å². The molecule has 0 radical (unpaired) electrons. The number of alkyl halides is 1. The molecule has 0 aliphatic rings. The van der Waals surface area contributed by atoms with E-state index < -0.39 is 0 Å². The van der Waals surface area contributed by atoms with Crippen molar-refractivity contribution in [3.8, 4) is 0 Å². The van der Waals surface area contributed by atoms with Gasteiger partial charge in [-0.15, -0.1) is 11.6 Å². The third kappa shape index (κ3) is 3.02. The first kappa shape index (κ1) is 10.6. The maximum Gasteiger partial charge on any atom is 0.0832 e. The molecule has 0 N–H and O–H groups in total. The maximum absolute atomic E-state index is 5.68. The average molecular weight is 199 g/mol. The van der Waals surface area contributed by atoms with Crippen molar-refractivity contribution in [2.45, 2.75) is 19.4 Å². The summed E-state index contributed by atoms with van der Waals surface area (Å²) in [5.74, 6) is 0.631. The minimum absolute atomic E-state index is 0.137. The van der Waals surface area contributed by atoms with Crippen LogP contribution in [0.15, 0.2) is 24.3 Å². The van der Waals surface area contributed by atoms with Crippen LogP contribution in [0.2, 0.25) is 0 Å². The van der Waals surface area contributed by atoms with E-state index in [0.717, 1.165) is 6.42 Å². The molecule has 0 heterocycles. The van der Waals surface area contributed by atoms with Crippen molar-refractivity contribution >= 4 is 11.6 Å². The van der Waals surface area contributed by atoms with Crippen LogP contribution in [-0.4, -0.2) is 13.0 Å². The Balaban J connectivity index is 2.73. The monoisotopic (exact) mass is 198 g/mol. The van der Waals surface area contributed by atoms with Crippen molar-refractivity contribution in [1.29, 1.82) is 0 Å². The number of methoxy groups -OCH3 is 1. The van der Waals surface area contributed by atoms with E-state index in [4.69, 9.17) is 16.3 Å². The van der Waals surface area contributed by atoms with Crippen molar-refractivity contribution in [3.05, 3.63) is 35.4 Å². The number of ether oxygens (including phenoxy) is 1. The molecule has 13 heavy (non-hydrogen) atoms. The summed E-state index contributed by atoms with van der Waals surface area (Å²) in [6, 6.07) is 8.37. The van der Waals surface area contributed by atoms with Gasteiger partial charge in [0.1, 0.15) is 0 Å². The van der Waals surface area contributed by atoms with Gasteiger partial charge < -0.3 is 4.74 Å². The molecule has 0 aliphatic heterocycles. The third-order valence-electron chi connectivity index (χ3n) is 2.10. The SMILES string of the molecule is COC(CCCl)c1ccc(C)cc1. The zero-order valence-corrected chi connectivity index (χ0v) is 8.84. The smallest absolute Gasteiger partial charge is 0.0832 e. The first-order valence-corrected chi connectivity index (χ1v) is 4.96. The number of hydrogen-bond acceptors (Lipinski definition) is 1. The van der Waals surface area contributed by atoms with Crippen LogP contribution in [0.4, 0.5) is 0 Å². The van der Waals surface area contributed by atoms with Gasteiger partial charge in [-0.3, -0.25) is 0 Å². The molecule has 1 unspecified atom stereocenters. The van der Waals surface area contributed by atoms with Crippen LogP contribution >= 0.6 is 11.6 Å². The van der Waals surface area contributed by atoms with Crippen LogP contribution in [0.5, 0.6) is 0 Å². The molecule has 0 aliphatic carbocycles. The van der Waals surface area contributed by atoms with E-state index in [1.54, 1.807) is 7.11 Å². The van der Waals surface area contributed by atoms with Gasteiger partial charge >= 0.3 is 0 Å². The molecule has 0 amide bonds. The Kier molecular flexibility index (Phi) is 4.26. The Morgan fingerprint density at radius 2 is 1.92 bits per heavy atom. The number of hydrogen-bond donors (Lipinski definition) is 0. The number of rotatable bonds is 4. The Bertz CT molecular complexity index is 243. The number of benzene rings is 1. The first-order chi connectivity index (χ1) is 6.27. The molecule has 72 valence electrons. The van der Waals surface area contributed by atoms with E-state index in [0.29, 0.717) is 5.88 Å². The molecule has 1 rings (SSSR count). The Morgan fingerprint density at radius 3 is 2.38 bits per heavy atom. The summed E-state index contributed by atoms with van der Waals surface area (Å²) >= 11 is 5.68. The Hall–Kier alpha value is -0.530. The minimum Gasteiger partial charge on any atom is -0.377 e. The second-order valence-electron chi connectivity index (χ2n) is 3.11. The second kappa shape index (κ2) is 5.25. The molecular weight excluding hydrogens is 184 g/mol. The number of aryl methyl sites for hydroxylation is 1. The van der Waals surface area contributed by atoms with Crippen molar-refractivity contribution < 1.29 is 4.74 Å². The van der Waals surface area contributed by atoms with E-state index in [9.17, 15) is 0 Å². The standard InChI is InChI=1S/C11H15ClO/c1-9-3-5-10(6-4-9)11(13-2)7-8-12/h3-6,11H,7-8H2,1-2H3. The zero-order valence-electron chi connectivity index (χ0n) is 8.09. The largest absolute Gasteiger partial charge is 0.377 e. The molecule has 1 nitrogen and oxygen atoms in total. The summed E-state index contributed by atoms with van der Waals surface area (Å²) in [5, 5.41) is 0. The molecule has 1 aromatic carbocycles. The highest BCUT2D eigenvalue weighted by atomic mass is 35.5. The van der Waals surface area contributed by atoms with Crippen LogP contribution in [-0.2, 0) is 4.74 Å². The summed E-state index contributed by atoms with van der Waals surface area (Å²) in [5.41, 5.74) is 2.47. The molecule has 1 aromatic rings. The van der Waals surface area contributed by atoms with E-state index >= 15 is 0 Å². The van der Waals surface area contributed by atoms with E-state index in [2.05, 4.69) is 31.2 Å².